The van der Waals surface area contributed by atoms with Gasteiger partial charge in [-0.1, -0.05) is 6.07 Å². The highest BCUT2D eigenvalue weighted by Gasteiger charge is 2.14. The summed E-state index contributed by atoms with van der Waals surface area (Å²) in [7, 11) is 3.05. The van der Waals surface area contributed by atoms with Gasteiger partial charge < -0.3 is 14.7 Å². The van der Waals surface area contributed by atoms with Gasteiger partial charge in [0, 0.05) is 18.8 Å². The summed E-state index contributed by atoms with van der Waals surface area (Å²) in [5.74, 6) is -0.993. The molecule has 0 heterocycles. The van der Waals surface area contributed by atoms with Crippen molar-refractivity contribution in [3.8, 4) is 5.75 Å². The van der Waals surface area contributed by atoms with Crippen molar-refractivity contribution in [2.75, 3.05) is 19.1 Å². The zero-order valence-corrected chi connectivity index (χ0v) is 9.14. The summed E-state index contributed by atoms with van der Waals surface area (Å²) in [6.45, 7) is 0. The molecular formula is C11H13NO4. The van der Waals surface area contributed by atoms with Crippen molar-refractivity contribution < 1.29 is 19.4 Å². The van der Waals surface area contributed by atoms with Crippen molar-refractivity contribution in [3.05, 3.63) is 24.3 Å². The quantitative estimate of drug-likeness (QED) is 0.777. The lowest BCUT2D eigenvalue weighted by molar-refractivity contribution is -0.140. The van der Waals surface area contributed by atoms with Crippen LogP contribution in [0.5, 0.6) is 5.75 Å². The fourth-order valence-electron chi connectivity index (χ4n) is 1.21. The van der Waals surface area contributed by atoms with Crippen molar-refractivity contribution >= 4 is 17.6 Å². The Bertz CT molecular complexity index is 403. The van der Waals surface area contributed by atoms with E-state index in [1.54, 1.807) is 24.3 Å². The number of carbonyl (C=O) groups excluding carboxylic acids is 1. The van der Waals surface area contributed by atoms with E-state index >= 15 is 0 Å². The summed E-state index contributed by atoms with van der Waals surface area (Å²) in [6, 6.07) is 6.86. The minimum atomic E-state index is -1.14. The molecule has 1 rings (SSSR count). The number of ether oxygens (including phenoxy) is 1. The number of hydrogen-bond acceptors (Lipinski definition) is 3. The predicted molar refractivity (Wildman–Crippen MR) is 58.7 cm³/mol. The molecule has 1 aromatic rings. The monoisotopic (exact) mass is 223 g/mol. The van der Waals surface area contributed by atoms with Gasteiger partial charge >= 0.3 is 5.97 Å². The van der Waals surface area contributed by atoms with E-state index in [2.05, 4.69) is 0 Å². The number of anilines is 1. The standard InChI is InChI=1S/C11H13NO4/c1-12(10(13)7-11(14)15)8-4-3-5-9(6-8)16-2/h3-6H,7H2,1-2H3,(H,14,15). The van der Waals surface area contributed by atoms with Crippen LogP contribution in [0.2, 0.25) is 0 Å². The Morgan fingerprint density at radius 2 is 2.12 bits per heavy atom. The second-order valence-electron chi connectivity index (χ2n) is 3.22. The third kappa shape index (κ3) is 2.98. The first-order valence-electron chi connectivity index (χ1n) is 4.67. The van der Waals surface area contributed by atoms with E-state index in [-0.39, 0.29) is 0 Å². The van der Waals surface area contributed by atoms with Gasteiger partial charge in [0.15, 0.2) is 0 Å². The van der Waals surface area contributed by atoms with Gasteiger partial charge in [-0.05, 0) is 12.1 Å². The third-order valence-corrected chi connectivity index (χ3v) is 2.12. The van der Waals surface area contributed by atoms with Crippen LogP contribution in [0.15, 0.2) is 24.3 Å². The Kier molecular flexibility index (Phi) is 3.88. The number of carboxylic acids is 1. The van der Waals surface area contributed by atoms with Crippen LogP contribution in [0.25, 0.3) is 0 Å². The molecule has 1 aromatic carbocycles. The van der Waals surface area contributed by atoms with E-state index in [9.17, 15) is 9.59 Å². The Labute approximate surface area is 93.2 Å². The minimum absolute atomic E-state index is 0.472. The lowest BCUT2D eigenvalue weighted by atomic mass is 10.2. The first-order chi connectivity index (χ1) is 7.54. The number of carboxylic acid groups (broad SMARTS) is 1. The zero-order chi connectivity index (χ0) is 12.1. The molecule has 1 amide bonds. The SMILES string of the molecule is COc1cccc(N(C)C(=O)CC(=O)O)c1. The summed E-state index contributed by atoms with van der Waals surface area (Å²) in [5, 5.41) is 8.51. The Balaban J connectivity index is 2.82. The maximum atomic E-state index is 11.5. The van der Waals surface area contributed by atoms with Crippen LogP contribution in [0.1, 0.15) is 6.42 Å². The molecule has 5 heteroatoms. The van der Waals surface area contributed by atoms with E-state index in [1.807, 2.05) is 0 Å². The van der Waals surface area contributed by atoms with Gasteiger partial charge in [0.25, 0.3) is 0 Å². The van der Waals surface area contributed by atoms with Gasteiger partial charge in [-0.15, -0.1) is 0 Å². The van der Waals surface area contributed by atoms with Crippen LogP contribution < -0.4 is 9.64 Å². The average Bonchev–Trinajstić information content (AvgIpc) is 2.27. The topological polar surface area (TPSA) is 66.8 Å². The molecule has 1 N–H and O–H groups in total. The number of amides is 1. The van der Waals surface area contributed by atoms with E-state index in [0.717, 1.165) is 0 Å². The molecule has 0 saturated heterocycles. The number of nitrogens with zero attached hydrogens (tertiary/aromatic N) is 1. The Morgan fingerprint density at radius 1 is 1.44 bits per heavy atom. The van der Waals surface area contributed by atoms with Gasteiger partial charge in [-0.2, -0.15) is 0 Å². The van der Waals surface area contributed by atoms with Crippen molar-refractivity contribution in [2.24, 2.45) is 0 Å². The highest BCUT2D eigenvalue weighted by Crippen LogP contribution is 2.20. The normalized spacial score (nSPS) is 9.62. The maximum absolute atomic E-state index is 11.5. The lowest BCUT2D eigenvalue weighted by Crippen LogP contribution is -2.28. The molecule has 86 valence electrons. The summed E-state index contributed by atoms with van der Waals surface area (Å²) >= 11 is 0. The van der Waals surface area contributed by atoms with Crippen LogP contribution >= 0.6 is 0 Å². The first-order valence-corrected chi connectivity index (χ1v) is 4.67. The predicted octanol–water partition coefficient (Wildman–Crippen LogP) is 1.13. The number of carbonyl (C=O) groups is 2. The fourth-order valence-corrected chi connectivity index (χ4v) is 1.21. The van der Waals surface area contributed by atoms with Gasteiger partial charge in [-0.25, -0.2) is 0 Å². The van der Waals surface area contributed by atoms with Crippen molar-refractivity contribution in [1.82, 2.24) is 0 Å². The number of methoxy groups -OCH3 is 1. The van der Waals surface area contributed by atoms with Crippen molar-refractivity contribution in [2.45, 2.75) is 6.42 Å². The molecule has 0 aromatic heterocycles. The van der Waals surface area contributed by atoms with E-state index in [0.29, 0.717) is 11.4 Å². The van der Waals surface area contributed by atoms with Crippen LogP contribution in [-0.4, -0.2) is 31.1 Å². The summed E-state index contributed by atoms with van der Waals surface area (Å²) in [4.78, 5) is 23.1. The molecule has 0 bridgehead atoms. The number of hydrogen-bond donors (Lipinski definition) is 1. The van der Waals surface area contributed by atoms with E-state index < -0.39 is 18.3 Å². The number of rotatable bonds is 4. The first kappa shape index (κ1) is 12.0. The second kappa shape index (κ2) is 5.16. The molecule has 0 radical (unpaired) electrons. The molecular weight excluding hydrogens is 210 g/mol. The second-order valence-corrected chi connectivity index (χ2v) is 3.22. The molecule has 0 spiro atoms. The van der Waals surface area contributed by atoms with Gasteiger partial charge in [0.05, 0.1) is 7.11 Å². The largest absolute Gasteiger partial charge is 0.497 e. The number of aliphatic carboxylic acids is 1. The zero-order valence-electron chi connectivity index (χ0n) is 9.14. The number of benzene rings is 1. The van der Waals surface area contributed by atoms with Gasteiger partial charge in [-0.3, -0.25) is 9.59 Å². The maximum Gasteiger partial charge on any atom is 0.312 e. The molecule has 0 saturated carbocycles. The Morgan fingerprint density at radius 3 is 2.69 bits per heavy atom. The molecule has 16 heavy (non-hydrogen) atoms. The van der Waals surface area contributed by atoms with Crippen molar-refractivity contribution in [1.29, 1.82) is 0 Å². The molecule has 0 fully saturated rings. The molecule has 5 nitrogen and oxygen atoms in total. The van der Waals surface area contributed by atoms with E-state index in [1.165, 1.54) is 19.1 Å². The summed E-state index contributed by atoms with van der Waals surface area (Å²) in [6.07, 6.45) is -0.520. The fraction of sp³-hybridized carbons (Fsp3) is 0.273. The average molecular weight is 223 g/mol. The third-order valence-electron chi connectivity index (χ3n) is 2.12. The summed E-state index contributed by atoms with van der Waals surface area (Å²) in [5.41, 5.74) is 0.602. The van der Waals surface area contributed by atoms with Crippen LogP contribution in [0, 0.1) is 0 Å². The minimum Gasteiger partial charge on any atom is -0.497 e. The van der Waals surface area contributed by atoms with Crippen LogP contribution in [0.4, 0.5) is 5.69 Å². The Hall–Kier alpha value is -2.04. The molecule has 0 atom stereocenters. The van der Waals surface area contributed by atoms with E-state index in [4.69, 9.17) is 9.84 Å². The molecule has 0 aliphatic heterocycles. The van der Waals surface area contributed by atoms with Gasteiger partial charge in [0.2, 0.25) is 5.91 Å². The highest BCUT2D eigenvalue weighted by molar-refractivity contribution is 6.02. The smallest absolute Gasteiger partial charge is 0.312 e. The lowest BCUT2D eigenvalue weighted by Gasteiger charge is -2.16. The highest BCUT2D eigenvalue weighted by atomic mass is 16.5. The van der Waals surface area contributed by atoms with Crippen LogP contribution in [-0.2, 0) is 9.59 Å². The summed E-state index contributed by atoms with van der Waals surface area (Å²) < 4.78 is 5.01. The molecule has 0 aliphatic carbocycles. The molecule has 0 unspecified atom stereocenters. The molecule has 0 aliphatic rings. The van der Waals surface area contributed by atoms with Crippen LogP contribution in [0.3, 0.4) is 0 Å². The van der Waals surface area contributed by atoms with Crippen molar-refractivity contribution in [3.63, 3.8) is 0 Å². The van der Waals surface area contributed by atoms with Gasteiger partial charge in [0.1, 0.15) is 12.2 Å².